The van der Waals surface area contributed by atoms with Gasteiger partial charge in [-0.05, 0) is 12.8 Å². The van der Waals surface area contributed by atoms with Crippen molar-refractivity contribution in [1.29, 1.82) is 0 Å². The first-order chi connectivity index (χ1) is 9.39. The number of rotatable bonds is 3. The summed E-state index contributed by atoms with van der Waals surface area (Å²) in [6, 6.07) is -1.37. The van der Waals surface area contributed by atoms with Gasteiger partial charge in [-0.25, -0.2) is 8.42 Å². The summed E-state index contributed by atoms with van der Waals surface area (Å²) < 4.78 is 24.6. The van der Waals surface area contributed by atoms with Gasteiger partial charge >= 0.3 is 0 Å². The van der Waals surface area contributed by atoms with Crippen molar-refractivity contribution in [1.82, 2.24) is 20.3 Å². The molecule has 0 aromatic rings. The lowest BCUT2D eigenvalue weighted by Gasteiger charge is -2.34. The number of sulfonamides is 1. The Labute approximate surface area is 118 Å². The molecule has 2 heterocycles. The van der Waals surface area contributed by atoms with Crippen molar-refractivity contribution in [2.75, 3.05) is 32.4 Å². The van der Waals surface area contributed by atoms with Gasteiger partial charge in [-0.2, -0.15) is 4.31 Å². The largest absolute Gasteiger partial charge is 0.354 e. The number of carbonyl (C=O) groups excluding carboxylic acids is 2. The first kappa shape index (κ1) is 15.2. The highest BCUT2D eigenvalue weighted by molar-refractivity contribution is 7.88. The SMILES string of the molecule is CS(=O)(=O)N1CCNCC1C(=O)NC1CCCNC1=O. The van der Waals surface area contributed by atoms with E-state index in [0.717, 1.165) is 12.7 Å². The third-order valence-electron chi connectivity index (χ3n) is 3.52. The van der Waals surface area contributed by atoms with Crippen molar-refractivity contribution in [2.45, 2.75) is 24.9 Å². The minimum Gasteiger partial charge on any atom is -0.354 e. The molecule has 0 radical (unpaired) electrons. The van der Waals surface area contributed by atoms with Crippen molar-refractivity contribution in [3.8, 4) is 0 Å². The summed E-state index contributed by atoms with van der Waals surface area (Å²) in [4.78, 5) is 23.8. The number of nitrogens with one attached hydrogen (secondary N) is 3. The maximum Gasteiger partial charge on any atom is 0.242 e. The monoisotopic (exact) mass is 304 g/mol. The Morgan fingerprint density at radius 2 is 2.15 bits per heavy atom. The van der Waals surface area contributed by atoms with Crippen LogP contribution in [0.1, 0.15) is 12.8 Å². The van der Waals surface area contributed by atoms with Gasteiger partial charge in [0.2, 0.25) is 21.8 Å². The molecule has 20 heavy (non-hydrogen) atoms. The van der Waals surface area contributed by atoms with Crippen LogP contribution in [0.2, 0.25) is 0 Å². The zero-order valence-electron chi connectivity index (χ0n) is 11.4. The smallest absolute Gasteiger partial charge is 0.242 e. The molecule has 0 spiro atoms. The fraction of sp³-hybridized carbons (Fsp3) is 0.818. The van der Waals surface area contributed by atoms with Gasteiger partial charge in [-0.3, -0.25) is 9.59 Å². The average Bonchev–Trinajstić information content (AvgIpc) is 2.40. The molecule has 0 bridgehead atoms. The Hall–Kier alpha value is -1.19. The molecule has 0 aromatic carbocycles. The van der Waals surface area contributed by atoms with Crippen LogP contribution >= 0.6 is 0 Å². The van der Waals surface area contributed by atoms with Gasteiger partial charge in [-0.1, -0.05) is 0 Å². The van der Waals surface area contributed by atoms with Crippen LogP contribution in [0.3, 0.4) is 0 Å². The van der Waals surface area contributed by atoms with Gasteiger partial charge < -0.3 is 16.0 Å². The van der Waals surface area contributed by atoms with Crippen molar-refractivity contribution in [2.24, 2.45) is 0 Å². The Kier molecular flexibility index (Phi) is 4.61. The molecular weight excluding hydrogens is 284 g/mol. The van der Waals surface area contributed by atoms with Crippen molar-refractivity contribution in [3.05, 3.63) is 0 Å². The number of carbonyl (C=O) groups is 2. The van der Waals surface area contributed by atoms with Crippen LogP contribution in [-0.4, -0.2) is 69.1 Å². The highest BCUT2D eigenvalue weighted by Crippen LogP contribution is 2.10. The van der Waals surface area contributed by atoms with E-state index in [9.17, 15) is 18.0 Å². The molecule has 2 fully saturated rings. The normalized spacial score (nSPS) is 28.8. The summed E-state index contributed by atoms with van der Waals surface area (Å²) in [5.41, 5.74) is 0. The highest BCUT2D eigenvalue weighted by Gasteiger charge is 2.36. The maximum absolute atomic E-state index is 12.2. The molecule has 2 atom stereocenters. The van der Waals surface area contributed by atoms with E-state index in [-0.39, 0.29) is 19.0 Å². The Morgan fingerprint density at radius 3 is 2.80 bits per heavy atom. The second-order valence-corrected chi connectivity index (χ2v) is 7.02. The molecule has 9 heteroatoms. The van der Waals surface area contributed by atoms with Gasteiger partial charge in [0.25, 0.3) is 0 Å². The molecule has 2 unspecified atom stereocenters. The lowest BCUT2D eigenvalue weighted by Crippen LogP contribution is -2.62. The van der Waals surface area contributed by atoms with Crippen LogP contribution in [0.25, 0.3) is 0 Å². The van der Waals surface area contributed by atoms with Gasteiger partial charge in [0.1, 0.15) is 12.1 Å². The molecule has 2 aliphatic rings. The molecule has 2 rings (SSSR count). The van der Waals surface area contributed by atoms with Gasteiger partial charge in [0, 0.05) is 26.2 Å². The Morgan fingerprint density at radius 1 is 1.40 bits per heavy atom. The summed E-state index contributed by atoms with van der Waals surface area (Å²) in [6.07, 6.45) is 2.47. The molecule has 8 nitrogen and oxygen atoms in total. The third kappa shape index (κ3) is 3.47. The quantitative estimate of drug-likeness (QED) is 0.539. The fourth-order valence-corrected chi connectivity index (χ4v) is 3.54. The lowest BCUT2D eigenvalue weighted by atomic mass is 10.1. The average molecular weight is 304 g/mol. The fourth-order valence-electron chi connectivity index (χ4n) is 2.48. The molecule has 0 saturated carbocycles. The second kappa shape index (κ2) is 6.06. The Balaban J connectivity index is 2.04. The maximum atomic E-state index is 12.2. The molecule has 3 N–H and O–H groups in total. The van der Waals surface area contributed by atoms with E-state index in [1.165, 1.54) is 4.31 Å². The number of hydrogen-bond donors (Lipinski definition) is 3. The summed E-state index contributed by atoms with van der Waals surface area (Å²) in [7, 11) is -3.44. The van der Waals surface area contributed by atoms with E-state index in [1.807, 2.05) is 0 Å². The lowest BCUT2D eigenvalue weighted by molar-refractivity contribution is -0.132. The Bertz CT molecular complexity index is 493. The number of piperazine rings is 1. The summed E-state index contributed by atoms with van der Waals surface area (Å²) in [5.74, 6) is -0.635. The molecule has 2 saturated heterocycles. The van der Waals surface area contributed by atoms with Crippen LogP contribution in [0.15, 0.2) is 0 Å². The van der Waals surface area contributed by atoms with E-state index < -0.39 is 28.0 Å². The van der Waals surface area contributed by atoms with Crippen molar-refractivity contribution < 1.29 is 18.0 Å². The molecule has 2 aliphatic heterocycles. The predicted molar refractivity (Wildman–Crippen MR) is 72.4 cm³/mol. The molecule has 2 amide bonds. The minimum absolute atomic E-state index is 0.209. The predicted octanol–water partition coefficient (Wildman–Crippen LogP) is -2.39. The molecule has 114 valence electrons. The van der Waals surface area contributed by atoms with Crippen molar-refractivity contribution in [3.63, 3.8) is 0 Å². The van der Waals surface area contributed by atoms with Gasteiger partial charge in [-0.15, -0.1) is 0 Å². The summed E-state index contributed by atoms with van der Waals surface area (Å²) in [6.45, 7) is 1.65. The van der Waals surface area contributed by atoms with Crippen molar-refractivity contribution >= 4 is 21.8 Å². The van der Waals surface area contributed by atoms with Crippen LogP contribution in [0.4, 0.5) is 0 Å². The van der Waals surface area contributed by atoms with E-state index >= 15 is 0 Å². The van der Waals surface area contributed by atoms with Gasteiger partial charge in [0.05, 0.1) is 6.26 Å². The first-order valence-electron chi connectivity index (χ1n) is 6.65. The van der Waals surface area contributed by atoms with Crippen LogP contribution in [-0.2, 0) is 19.6 Å². The second-order valence-electron chi connectivity index (χ2n) is 5.09. The number of piperidine rings is 1. The highest BCUT2D eigenvalue weighted by atomic mass is 32.2. The minimum atomic E-state index is -3.44. The summed E-state index contributed by atoms with van der Waals surface area (Å²) >= 11 is 0. The number of amides is 2. The zero-order chi connectivity index (χ0) is 14.8. The zero-order valence-corrected chi connectivity index (χ0v) is 12.2. The molecular formula is C11H20N4O4S. The van der Waals surface area contributed by atoms with E-state index in [1.54, 1.807) is 0 Å². The first-order valence-corrected chi connectivity index (χ1v) is 8.50. The molecule has 0 aliphatic carbocycles. The van der Waals surface area contributed by atoms with Crippen LogP contribution in [0, 0.1) is 0 Å². The third-order valence-corrected chi connectivity index (χ3v) is 4.81. The molecule has 0 aromatic heterocycles. The standard InChI is InChI=1S/C11H20N4O4S/c1-20(18,19)15-6-5-12-7-9(15)11(17)14-8-3-2-4-13-10(8)16/h8-9,12H,2-7H2,1H3,(H,13,16)(H,14,17). The summed E-state index contributed by atoms with van der Waals surface area (Å²) in [5, 5.41) is 8.32. The van der Waals surface area contributed by atoms with Gasteiger partial charge in [0.15, 0.2) is 0 Å². The number of hydrogen-bond acceptors (Lipinski definition) is 5. The number of nitrogens with zero attached hydrogens (tertiary/aromatic N) is 1. The van der Waals surface area contributed by atoms with E-state index in [2.05, 4.69) is 16.0 Å². The van der Waals surface area contributed by atoms with Crippen LogP contribution in [0.5, 0.6) is 0 Å². The van der Waals surface area contributed by atoms with E-state index in [4.69, 9.17) is 0 Å². The van der Waals surface area contributed by atoms with E-state index in [0.29, 0.717) is 19.5 Å². The topological polar surface area (TPSA) is 108 Å². The van der Waals surface area contributed by atoms with Crippen LogP contribution < -0.4 is 16.0 Å².